The quantitative estimate of drug-likeness (QED) is 0.786. The molecule has 3 rings (SSSR count). The van der Waals surface area contributed by atoms with Crippen LogP contribution in [-0.2, 0) is 14.8 Å². The Kier molecular flexibility index (Phi) is 6.78. The van der Waals surface area contributed by atoms with Crippen LogP contribution in [0.3, 0.4) is 0 Å². The van der Waals surface area contributed by atoms with E-state index in [2.05, 4.69) is 17.1 Å². The first-order valence-electron chi connectivity index (χ1n) is 10.4. The van der Waals surface area contributed by atoms with Gasteiger partial charge in [0.05, 0.1) is 4.90 Å². The number of nitrogens with zero attached hydrogens (tertiary/aromatic N) is 2. The van der Waals surface area contributed by atoms with E-state index in [4.69, 9.17) is 0 Å². The second kappa shape index (κ2) is 8.93. The molecule has 0 bridgehead atoms. The smallest absolute Gasteiger partial charge is 0.243 e. The highest BCUT2D eigenvalue weighted by Gasteiger charge is 2.39. The highest BCUT2D eigenvalue weighted by atomic mass is 32.2. The number of carbonyl (C=O) groups excluding carboxylic acids is 1. The Morgan fingerprint density at radius 1 is 1.18 bits per heavy atom. The monoisotopic (exact) mass is 407 g/mol. The lowest BCUT2D eigenvalue weighted by Crippen LogP contribution is -2.51. The van der Waals surface area contributed by atoms with Gasteiger partial charge >= 0.3 is 0 Å². The molecule has 28 heavy (non-hydrogen) atoms. The number of hydrogen-bond donors (Lipinski definition) is 1. The third-order valence-electron chi connectivity index (χ3n) is 5.80. The first-order chi connectivity index (χ1) is 13.3. The molecule has 6 nitrogen and oxygen atoms in total. The van der Waals surface area contributed by atoms with Gasteiger partial charge < -0.3 is 10.2 Å². The van der Waals surface area contributed by atoms with Gasteiger partial charge in [-0.05, 0) is 64.1 Å². The zero-order valence-electron chi connectivity index (χ0n) is 17.2. The molecule has 3 atom stereocenters. The maximum absolute atomic E-state index is 13.0. The Bertz CT molecular complexity index is 779. The summed E-state index contributed by atoms with van der Waals surface area (Å²) in [7, 11) is -3.66. The van der Waals surface area contributed by atoms with Gasteiger partial charge in [0.1, 0.15) is 6.04 Å². The molecular formula is C21H33N3O3S. The van der Waals surface area contributed by atoms with E-state index in [0.717, 1.165) is 25.2 Å². The summed E-state index contributed by atoms with van der Waals surface area (Å²) in [6.45, 7) is 9.54. The molecule has 7 heteroatoms. The summed E-state index contributed by atoms with van der Waals surface area (Å²) < 4.78 is 27.5. The minimum absolute atomic E-state index is 0.00216. The predicted molar refractivity (Wildman–Crippen MR) is 111 cm³/mol. The van der Waals surface area contributed by atoms with Crippen LogP contribution in [0.25, 0.3) is 0 Å². The van der Waals surface area contributed by atoms with Gasteiger partial charge in [0.15, 0.2) is 0 Å². The number of benzene rings is 1. The highest BCUT2D eigenvalue weighted by molar-refractivity contribution is 7.89. The Labute approximate surface area is 169 Å². The Morgan fingerprint density at radius 2 is 1.86 bits per heavy atom. The number of carbonyl (C=O) groups is 1. The molecule has 1 amide bonds. The van der Waals surface area contributed by atoms with Crippen molar-refractivity contribution in [2.45, 2.75) is 63.4 Å². The molecule has 2 aliphatic rings. The molecule has 1 N–H and O–H groups in total. The summed E-state index contributed by atoms with van der Waals surface area (Å²) in [4.78, 5) is 15.5. The largest absolute Gasteiger partial charge is 0.351 e. The topological polar surface area (TPSA) is 69.7 Å². The third-order valence-corrected chi connectivity index (χ3v) is 7.72. The minimum Gasteiger partial charge on any atom is -0.351 e. The molecule has 2 fully saturated rings. The SMILES string of the molecule is Cc1ccc(S(=O)(=O)N2CCC[C@H]2C(=O)NC(C)CN2CCCC(C)C2)cc1. The second-order valence-corrected chi connectivity index (χ2v) is 10.4. The fraction of sp³-hybridized carbons (Fsp3) is 0.667. The maximum Gasteiger partial charge on any atom is 0.243 e. The van der Waals surface area contributed by atoms with Crippen LogP contribution in [0.1, 0.15) is 45.1 Å². The minimum atomic E-state index is -3.66. The van der Waals surface area contributed by atoms with Gasteiger partial charge in [-0.3, -0.25) is 4.79 Å². The zero-order chi connectivity index (χ0) is 20.3. The van der Waals surface area contributed by atoms with Crippen LogP contribution in [0.2, 0.25) is 0 Å². The predicted octanol–water partition coefficient (Wildman–Crippen LogP) is 2.38. The van der Waals surface area contributed by atoms with Crippen molar-refractivity contribution < 1.29 is 13.2 Å². The number of likely N-dealkylation sites (tertiary alicyclic amines) is 1. The van der Waals surface area contributed by atoms with Crippen molar-refractivity contribution >= 4 is 15.9 Å². The Balaban J connectivity index is 1.63. The van der Waals surface area contributed by atoms with Crippen molar-refractivity contribution in [3.63, 3.8) is 0 Å². The molecule has 0 spiro atoms. The van der Waals surface area contributed by atoms with Crippen LogP contribution in [0.4, 0.5) is 0 Å². The van der Waals surface area contributed by atoms with E-state index in [1.54, 1.807) is 24.3 Å². The van der Waals surface area contributed by atoms with Gasteiger partial charge in [-0.2, -0.15) is 4.31 Å². The van der Waals surface area contributed by atoms with E-state index >= 15 is 0 Å². The van der Waals surface area contributed by atoms with Gasteiger partial charge in [-0.25, -0.2) is 8.42 Å². The Morgan fingerprint density at radius 3 is 2.54 bits per heavy atom. The summed E-state index contributed by atoms with van der Waals surface area (Å²) in [5.74, 6) is 0.521. The van der Waals surface area contributed by atoms with E-state index in [1.165, 1.54) is 17.1 Å². The highest BCUT2D eigenvalue weighted by Crippen LogP contribution is 2.26. The fourth-order valence-corrected chi connectivity index (χ4v) is 6.02. The first-order valence-corrected chi connectivity index (χ1v) is 11.8. The molecule has 2 aliphatic heterocycles. The molecule has 1 aromatic rings. The van der Waals surface area contributed by atoms with Gasteiger partial charge in [0.2, 0.25) is 15.9 Å². The van der Waals surface area contributed by atoms with Crippen molar-refractivity contribution in [1.29, 1.82) is 0 Å². The van der Waals surface area contributed by atoms with Crippen LogP contribution in [-0.4, -0.2) is 61.8 Å². The molecule has 0 aliphatic carbocycles. The normalized spacial score (nSPS) is 25.5. The molecule has 2 unspecified atom stereocenters. The number of hydrogen-bond acceptors (Lipinski definition) is 4. The van der Waals surface area contributed by atoms with Gasteiger partial charge in [0.25, 0.3) is 0 Å². The van der Waals surface area contributed by atoms with Crippen molar-refractivity contribution in [3.05, 3.63) is 29.8 Å². The first kappa shape index (κ1) is 21.3. The van der Waals surface area contributed by atoms with Gasteiger partial charge in [-0.15, -0.1) is 0 Å². The lowest BCUT2D eigenvalue weighted by atomic mass is 10.00. The van der Waals surface area contributed by atoms with Crippen LogP contribution >= 0.6 is 0 Å². The average molecular weight is 408 g/mol. The van der Waals surface area contributed by atoms with Crippen molar-refractivity contribution in [2.24, 2.45) is 5.92 Å². The summed E-state index contributed by atoms with van der Waals surface area (Å²) in [5, 5.41) is 3.06. The summed E-state index contributed by atoms with van der Waals surface area (Å²) in [6, 6.07) is 6.21. The van der Waals surface area contributed by atoms with Crippen LogP contribution in [0.5, 0.6) is 0 Å². The number of amides is 1. The van der Waals surface area contributed by atoms with Gasteiger partial charge in [-0.1, -0.05) is 24.6 Å². The maximum atomic E-state index is 13.0. The number of rotatable bonds is 6. The molecule has 2 saturated heterocycles. The van der Waals surface area contributed by atoms with Crippen LogP contribution in [0, 0.1) is 12.8 Å². The molecular weight excluding hydrogens is 374 g/mol. The Hall–Kier alpha value is -1.44. The van der Waals surface area contributed by atoms with E-state index < -0.39 is 16.1 Å². The molecule has 0 aromatic heterocycles. The van der Waals surface area contributed by atoms with Crippen molar-refractivity contribution in [2.75, 3.05) is 26.2 Å². The molecule has 0 saturated carbocycles. The molecule has 156 valence electrons. The zero-order valence-corrected chi connectivity index (χ0v) is 18.0. The second-order valence-electron chi connectivity index (χ2n) is 8.50. The van der Waals surface area contributed by atoms with E-state index in [-0.39, 0.29) is 16.8 Å². The number of aryl methyl sites for hydroxylation is 1. The molecule has 1 aromatic carbocycles. The number of sulfonamides is 1. The van der Waals surface area contributed by atoms with Crippen LogP contribution in [0.15, 0.2) is 29.2 Å². The lowest BCUT2D eigenvalue weighted by molar-refractivity contribution is -0.124. The standard InChI is InChI=1S/C21H33N3O3S/c1-16-8-10-19(11-9-16)28(26,27)24-13-5-7-20(24)21(25)22-18(3)15-23-12-4-6-17(2)14-23/h8-11,17-18,20H,4-7,12-15H2,1-3H3,(H,22,25)/t17?,18?,20-/m0/s1. The molecule has 2 heterocycles. The lowest BCUT2D eigenvalue weighted by Gasteiger charge is -2.33. The van der Waals surface area contributed by atoms with Crippen LogP contribution < -0.4 is 5.32 Å². The number of nitrogens with one attached hydrogen (secondary N) is 1. The number of piperidine rings is 1. The summed E-state index contributed by atoms with van der Waals surface area (Å²) in [6.07, 6.45) is 3.75. The van der Waals surface area contributed by atoms with E-state index in [1.807, 2.05) is 13.8 Å². The van der Waals surface area contributed by atoms with Crippen molar-refractivity contribution in [1.82, 2.24) is 14.5 Å². The third kappa shape index (κ3) is 4.93. The van der Waals surface area contributed by atoms with E-state index in [0.29, 0.717) is 25.3 Å². The molecule has 0 radical (unpaired) electrons. The fourth-order valence-electron chi connectivity index (χ4n) is 4.36. The van der Waals surface area contributed by atoms with E-state index in [9.17, 15) is 13.2 Å². The summed E-state index contributed by atoms with van der Waals surface area (Å²) >= 11 is 0. The van der Waals surface area contributed by atoms with Gasteiger partial charge in [0, 0.05) is 25.7 Å². The van der Waals surface area contributed by atoms with Crippen molar-refractivity contribution in [3.8, 4) is 0 Å². The summed E-state index contributed by atoms with van der Waals surface area (Å²) in [5.41, 5.74) is 1.01. The average Bonchev–Trinajstić information content (AvgIpc) is 3.13.